The molecule has 0 saturated carbocycles. The molecule has 1 spiro atoms. The molecule has 0 aromatic heterocycles. The number of likely N-dealkylation sites (tertiary alicyclic amines) is 1. The molecule has 3 amide bonds. The van der Waals surface area contributed by atoms with Gasteiger partial charge in [0.15, 0.2) is 0 Å². The molecule has 2 unspecified atom stereocenters. The van der Waals surface area contributed by atoms with Gasteiger partial charge in [0, 0.05) is 39.0 Å². The van der Waals surface area contributed by atoms with Gasteiger partial charge in [-0.1, -0.05) is 19.1 Å². The molecular weight excluding hydrogens is 498 g/mol. The Morgan fingerprint density at radius 3 is 2.44 bits per heavy atom. The van der Waals surface area contributed by atoms with E-state index in [1.165, 1.54) is 0 Å². The lowest BCUT2D eigenvalue weighted by atomic mass is 9.64. The Balaban J connectivity index is 1.79. The molecule has 3 aliphatic heterocycles. The minimum atomic E-state index is -1.11. The molecule has 1 aromatic carbocycles. The van der Waals surface area contributed by atoms with Gasteiger partial charge in [0.05, 0.1) is 24.5 Å². The number of benzene rings is 1. The van der Waals surface area contributed by atoms with Gasteiger partial charge in [0.25, 0.3) is 5.91 Å². The van der Waals surface area contributed by atoms with Crippen LogP contribution in [-0.2, 0) is 19.1 Å². The number of hydrogen-bond donors (Lipinski definition) is 1. The molecule has 3 aliphatic rings. The zero-order valence-electron chi connectivity index (χ0n) is 23.3. The first-order chi connectivity index (χ1) is 18.7. The average molecular weight is 540 g/mol. The van der Waals surface area contributed by atoms with Gasteiger partial charge in [0.1, 0.15) is 17.4 Å². The van der Waals surface area contributed by atoms with Crippen molar-refractivity contribution < 1.29 is 29.0 Å². The van der Waals surface area contributed by atoms with E-state index in [1.54, 1.807) is 65.3 Å². The number of carbonyl (C=O) groups is 3. The predicted octanol–water partition coefficient (Wildman–Crippen LogP) is 2.79. The van der Waals surface area contributed by atoms with Crippen molar-refractivity contribution in [1.29, 1.82) is 0 Å². The molecule has 1 N–H and O–H groups in total. The maximum absolute atomic E-state index is 14.5. The molecular formula is C30H41N3O6. The summed E-state index contributed by atoms with van der Waals surface area (Å²) in [6, 6.07) is 6.28. The number of likely N-dealkylation sites (N-methyl/N-ethyl adjacent to an activating group) is 1. The van der Waals surface area contributed by atoms with Gasteiger partial charge in [0.2, 0.25) is 11.8 Å². The van der Waals surface area contributed by atoms with E-state index in [-0.39, 0.29) is 30.9 Å². The van der Waals surface area contributed by atoms with Crippen LogP contribution >= 0.6 is 0 Å². The Kier molecular flexibility index (Phi) is 8.51. The minimum Gasteiger partial charge on any atom is -0.497 e. The molecule has 0 radical (unpaired) electrons. The number of aliphatic hydroxyl groups excluding tert-OH is 1. The molecule has 3 saturated heterocycles. The van der Waals surface area contributed by atoms with Gasteiger partial charge >= 0.3 is 0 Å². The van der Waals surface area contributed by atoms with Crippen molar-refractivity contribution in [3.63, 3.8) is 0 Å². The zero-order valence-corrected chi connectivity index (χ0v) is 23.3. The average Bonchev–Trinajstić information content (AvgIpc) is 3.55. The van der Waals surface area contributed by atoms with Crippen LogP contribution in [0.15, 0.2) is 49.6 Å². The second-order valence-corrected chi connectivity index (χ2v) is 10.7. The molecule has 9 nitrogen and oxygen atoms in total. The predicted molar refractivity (Wildman–Crippen MR) is 148 cm³/mol. The van der Waals surface area contributed by atoms with Gasteiger partial charge in [-0.15, -0.1) is 13.2 Å². The zero-order chi connectivity index (χ0) is 28.4. The summed E-state index contributed by atoms with van der Waals surface area (Å²) in [5, 5.41) is 9.40. The van der Waals surface area contributed by atoms with Gasteiger partial charge in [-0.3, -0.25) is 14.4 Å². The summed E-state index contributed by atoms with van der Waals surface area (Å²) in [4.78, 5) is 47.4. The molecule has 4 rings (SSSR count). The van der Waals surface area contributed by atoms with Gasteiger partial charge in [-0.2, -0.15) is 0 Å². The third kappa shape index (κ3) is 4.65. The van der Waals surface area contributed by atoms with Crippen LogP contribution in [0.3, 0.4) is 0 Å². The second-order valence-electron chi connectivity index (χ2n) is 10.7. The lowest BCUT2D eigenvalue weighted by Crippen LogP contribution is -2.56. The van der Waals surface area contributed by atoms with Crippen LogP contribution in [0.5, 0.6) is 5.75 Å². The largest absolute Gasteiger partial charge is 0.497 e. The Bertz CT molecular complexity index is 1110. The van der Waals surface area contributed by atoms with E-state index in [2.05, 4.69) is 13.2 Å². The summed E-state index contributed by atoms with van der Waals surface area (Å²) in [6.07, 6.45) is 6.03. The van der Waals surface area contributed by atoms with Crippen molar-refractivity contribution in [2.24, 2.45) is 11.8 Å². The number of ether oxygens (including phenoxy) is 2. The highest BCUT2D eigenvalue weighted by Crippen LogP contribution is 2.64. The molecule has 3 heterocycles. The summed E-state index contributed by atoms with van der Waals surface area (Å²) in [5.74, 6) is -1.41. The lowest BCUT2D eigenvalue weighted by molar-refractivity contribution is -0.150. The smallest absolute Gasteiger partial charge is 0.253 e. The molecule has 1 aromatic rings. The van der Waals surface area contributed by atoms with Gasteiger partial charge in [-0.05, 0) is 56.4 Å². The van der Waals surface area contributed by atoms with Crippen molar-refractivity contribution in [1.82, 2.24) is 9.80 Å². The summed E-state index contributed by atoms with van der Waals surface area (Å²) < 4.78 is 12.1. The van der Waals surface area contributed by atoms with Crippen molar-refractivity contribution in [2.75, 3.05) is 45.3 Å². The maximum Gasteiger partial charge on any atom is 0.253 e. The summed E-state index contributed by atoms with van der Waals surface area (Å²) in [7, 11) is 3.29. The van der Waals surface area contributed by atoms with E-state index in [4.69, 9.17) is 9.47 Å². The summed E-state index contributed by atoms with van der Waals surface area (Å²) >= 11 is 0. The first-order valence-electron chi connectivity index (χ1n) is 13.8. The molecule has 2 bridgehead atoms. The van der Waals surface area contributed by atoms with Gasteiger partial charge in [-0.25, -0.2) is 0 Å². The van der Waals surface area contributed by atoms with Crippen LogP contribution in [0.4, 0.5) is 5.69 Å². The minimum absolute atomic E-state index is 0.00738. The van der Waals surface area contributed by atoms with E-state index in [0.29, 0.717) is 56.6 Å². The van der Waals surface area contributed by atoms with E-state index < -0.39 is 29.1 Å². The summed E-state index contributed by atoms with van der Waals surface area (Å²) in [6.45, 7) is 10.5. The van der Waals surface area contributed by atoms with Crippen molar-refractivity contribution in [3.05, 3.63) is 49.6 Å². The normalized spacial score (nSPS) is 28.8. The summed E-state index contributed by atoms with van der Waals surface area (Å²) in [5.41, 5.74) is -1.25. The fourth-order valence-corrected chi connectivity index (χ4v) is 6.89. The monoisotopic (exact) mass is 539 g/mol. The number of amides is 3. The molecule has 5 atom stereocenters. The third-order valence-corrected chi connectivity index (χ3v) is 8.73. The number of hydrogen-bond acceptors (Lipinski definition) is 6. The number of carbonyl (C=O) groups excluding carboxylic acids is 3. The SMILES string of the molecule is C=CCN(C)C(=O)[C@H]1[C@H]2C(=O)N(CCCCO)C(C(=O)N(CC=C)c3ccc(OC)cc3)C23CC[C@]1(CC)O3. The number of fused-ring (bicyclic) bond motifs is 1. The third-order valence-electron chi connectivity index (χ3n) is 8.73. The standard InChI is InChI=1S/C30H41N3O6/c1-6-17-31(4)26(35)23-24-27(36)33(19-9-10-20-34)25(30(24)16-15-29(23,8-3)39-30)28(37)32(18-7-2)21-11-13-22(38-5)14-12-21/h6-7,11-14,23-25,34H,1-2,8-10,15-20H2,3-5H3/t23-,24+,25?,29+,30?/m1/s1. The number of aliphatic hydroxyl groups is 1. The molecule has 39 heavy (non-hydrogen) atoms. The van der Waals surface area contributed by atoms with Gasteiger partial charge < -0.3 is 29.3 Å². The molecule has 212 valence electrons. The highest BCUT2D eigenvalue weighted by molar-refractivity contribution is 6.05. The highest BCUT2D eigenvalue weighted by Gasteiger charge is 2.78. The highest BCUT2D eigenvalue weighted by atomic mass is 16.5. The number of anilines is 1. The number of rotatable bonds is 13. The Hall–Kier alpha value is -3.17. The van der Waals surface area contributed by atoms with Crippen molar-refractivity contribution >= 4 is 23.4 Å². The van der Waals surface area contributed by atoms with Crippen molar-refractivity contribution in [2.45, 2.75) is 56.3 Å². The fourth-order valence-electron chi connectivity index (χ4n) is 6.89. The maximum atomic E-state index is 14.5. The van der Waals surface area contributed by atoms with Crippen LogP contribution in [0.2, 0.25) is 0 Å². The lowest BCUT2D eigenvalue weighted by Gasteiger charge is -2.37. The van der Waals surface area contributed by atoms with Crippen LogP contribution in [-0.4, -0.2) is 90.3 Å². The van der Waals surface area contributed by atoms with Crippen LogP contribution in [0, 0.1) is 11.8 Å². The first kappa shape index (κ1) is 28.8. The Morgan fingerprint density at radius 1 is 1.15 bits per heavy atom. The fraction of sp³-hybridized carbons (Fsp3) is 0.567. The Morgan fingerprint density at radius 2 is 1.85 bits per heavy atom. The van der Waals surface area contributed by atoms with Crippen LogP contribution < -0.4 is 9.64 Å². The van der Waals surface area contributed by atoms with Crippen LogP contribution in [0.1, 0.15) is 39.0 Å². The topological polar surface area (TPSA) is 99.6 Å². The molecule has 3 fully saturated rings. The second kappa shape index (κ2) is 11.5. The van der Waals surface area contributed by atoms with E-state index in [1.807, 2.05) is 6.92 Å². The number of nitrogens with zero attached hydrogens (tertiary/aromatic N) is 3. The van der Waals surface area contributed by atoms with E-state index >= 15 is 0 Å². The van der Waals surface area contributed by atoms with E-state index in [9.17, 15) is 19.5 Å². The Labute approximate surface area is 231 Å². The molecule has 0 aliphatic carbocycles. The van der Waals surface area contributed by atoms with E-state index in [0.717, 1.165) is 0 Å². The first-order valence-corrected chi connectivity index (χ1v) is 13.8. The quantitative estimate of drug-likeness (QED) is 0.306. The molecule has 9 heteroatoms. The van der Waals surface area contributed by atoms with Crippen molar-refractivity contribution in [3.8, 4) is 5.75 Å². The van der Waals surface area contributed by atoms with Crippen LogP contribution in [0.25, 0.3) is 0 Å². The number of unbranched alkanes of at least 4 members (excludes halogenated alkanes) is 1. The number of methoxy groups -OCH3 is 1.